The summed E-state index contributed by atoms with van der Waals surface area (Å²) in [6.45, 7) is 3.24. The molecule has 2 rings (SSSR count). The van der Waals surface area contributed by atoms with E-state index in [4.69, 9.17) is 9.84 Å². The molecule has 2 aromatic carbocycles. The van der Waals surface area contributed by atoms with Crippen LogP contribution in [-0.2, 0) is 4.79 Å². The molecule has 0 aromatic heterocycles. The first-order valence-corrected chi connectivity index (χ1v) is 5.88. The van der Waals surface area contributed by atoms with Gasteiger partial charge in [-0.2, -0.15) is 0 Å². The van der Waals surface area contributed by atoms with Crippen LogP contribution in [0, 0.1) is 0 Å². The lowest BCUT2D eigenvalue weighted by molar-refractivity contribution is -0.132. The van der Waals surface area contributed by atoms with Gasteiger partial charge in [0.15, 0.2) is 5.78 Å². The quantitative estimate of drug-likeness (QED) is 0.391. The molecule has 0 saturated carbocycles. The van der Waals surface area contributed by atoms with E-state index < -0.39 is 17.3 Å². The van der Waals surface area contributed by atoms with Crippen LogP contribution >= 0.6 is 0 Å². The Kier molecular flexibility index (Phi) is 3.96. The van der Waals surface area contributed by atoms with E-state index in [1.165, 1.54) is 12.1 Å². The van der Waals surface area contributed by atoms with Gasteiger partial charge in [0, 0.05) is 5.56 Å². The second-order valence-electron chi connectivity index (χ2n) is 4.05. The zero-order valence-corrected chi connectivity index (χ0v) is 10.6. The summed E-state index contributed by atoms with van der Waals surface area (Å²) in [7, 11) is 0. The van der Waals surface area contributed by atoms with Crippen molar-refractivity contribution < 1.29 is 19.4 Å². The maximum absolute atomic E-state index is 11.7. The standard InChI is InChI=1S/C16H12O4/c1-11(16(18)19)15(17)12-7-9-14(10-8-12)20-13-5-3-2-4-6-13/h2-10H,1H2,(H,18,19). The highest BCUT2D eigenvalue weighted by atomic mass is 16.5. The van der Waals surface area contributed by atoms with Gasteiger partial charge in [0.05, 0.1) is 0 Å². The van der Waals surface area contributed by atoms with Crippen LogP contribution in [0.2, 0.25) is 0 Å². The molecule has 4 nitrogen and oxygen atoms in total. The molecule has 100 valence electrons. The molecular formula is C16H12O4. The van der Waals surface area contributed by atoms with Gasteiger partial charge >= 0.3 is 5.97 Å². The Labute approximate surface area is 115 Å². The Bertz CT molecular complexity index is 642. The summed E-state index contributed by atoms with van der Waals surface area (Å²) in [4.78, 5) is 22.4. The van der Waals surface area contributed by atoms with Crippen molar-refractivity contribution in [2.45, 2.75) is 0 Å². The van der Waals surface area contributed by atoms with Gasteiger partial charge in [0.25, 0.3) is 0 Å². The molecule has 0 saturated heterocycles. The summed E-state index contributed by atoms with van der Waals surface area (Å²) < 4.78 is 5.57. The predicted octanol–water partition coefficient (Wildman–Crippen LogP) is 3.30. The molecule has 0 fully saturated rings. The lowest BCUT2D eigenvalue weighted by Crippen LogP contribution is -2.11. The van der Waals surface area contributed by atoms with E-state index in [-0.39, 0.29) is 5.56 Å². The topological polar surface area (TPSA) is 63.6 Å². The van der Waals surface area contributed by atoms with Crippen molar-refractivity contribution in [3.05, 3.63) is 72.3 Å². The van der Waals surface area contributed by atoms with Crippen molar-refractivity contribution in [1.29, 1.82) is 0 Å². The number of carbonyl (C=O) groups excluding carboxylic acids is 1. The molecule has 0 heterocycles. The van der Waals surface area contributed by atoms with Gasteiger partial charge < -0.3 is 9.84 Å². The summed E-state index contributed by atoms with van der Waals surface area (Å²) >= 11 is 0. The number of hydrogen-bond donors (Lipinski definition) is 1. The predicted molar refractivity (Wildman–Crippen MR) is 74.1 cm³/mol. The third-order valence-corrected chi connectivity index (χ3v) is 2.63. The minimum Gasteiger partial charge on any atom is -0.478 e. The molecule has 0 aliphatic heterocycles. The first kappa shape index (κ1) is 13.5. The Morgan fingerprint density at radius 1 is 0.900 bits per heavy atom. The van der Waals surface area contributed by atoms with Crippen LogP contribution in [0.1, 0.15) is 10.4 Å². The molecule has 0 unspecified atom stereocenters. The molecule has 20 heavy (non-hydrogen) atoms. The number of hydrogen-bond acceptors (Lipinski definition) is 3. The van der Waals surface area contributed by atoms with Gasteiger partial charge in [-0.1, -0.05) is 24.8 Å². The van der Waals surface area contributed by atoms with Gasteiger partial charge in [0.2, 0.25) is 0 Å². The SMILES string of the molecule is C=C(C(=O)O)C(=O)c1ccc(Oc2ccccc2)cc1. The van der Waals surface area contributed by atoms with Gasteiger partial charge in [-0.15, -0.1) is 0 Å². The Morgan fingerprint density at radius 3 is 2.00 bits per heavy atom. The van der Waals surface area contributed by atoms with E-state index in [0.717, 1.165) is 0 Å². The molecule has 0 bridgehead atoms. The normalized spacial score (nSPS) is 9.80. The van der Waals surface area contributed by atoms with E-state index >= 15 is 0 Å². The summed E-state index contributed by atoms with van der Waals surface area (Å²) in [6, 6.07) is 15.4. The first-order valence-electron chi connectivity index (χ1n) is 5.88. The lowest BCUT2D eigenvalue weighted by atomic mass is 10.1. The molecule has 0 aliphatic carbocycles. The van der Waals surface area contributed by atoms with Crippen LogP contribution in [-0.4, -0.2) is 16.9 Å². The number of ether oxygens (including phenoxy) is 1. The number of rotatable bonds is 5. The summed E-state index contributed by atoms with van der Waals surface area (Å²) in [6.07, 6.45) is 0. The highest BCUT2D eigenvalue weighted by Gasteiger charge is 2.16. The zero-order chi connectivity index (χ0) is 14.5. The smallest absolute Gasteiger partial charge is 0.339 e. The fourth-order valence-corrected chi connectivity index (χ4v) is 1.57. The van der Waals surface area contributed by atoms with Crippen LogP contribution < -0.4 is 4.74 Å². The number of benzene rings is 2. The molecular weight excluding hydrogens is 256 g/mol. The second-order valence-corrected chi connectivity index (χ2v) is 4.05. The van der Waals surface area contributed by atoms with E-state index in [1.807, 2.05) is 30.3 Å². The van der Waals surface area contributed by atoms with Crippen molar-refractivity contribution >= 4 is 11.8 Å². The number of ketones is 1. The van der Waals surface area contributed by atoms with Crippen LogP contribution in [0.4, 0.5) is 0 Å². The summed E-state index contributed by atoms with van der Waals surface area (Å²) in [5.41, 5.74) is -0.195. The number of carboxylic acid groups (broad SMARTS) is 1. The second kappa shape index (κ2) is 5.84. The number of carboxylic acids is 1. The average Bonchev–Trinajstić information content (AvgIpc) is 2.47. The molecule has 2 aromatic rings. The van der Waals surface area contributed by atoms with Crippen LogP contribution in [0.3, 0.4) is 0 Å². The number of Topliss-reactive ketones (excluding diaryl/α,β-unsaturated/α-hetero) is 1. The third-order valence-electron chi connectivity index (χ3n) is 2.63. The van der Waals surface area contributed by atoms with Gasteiger partial charge in [-0.3, -0.25) is 4.79 Å². The van der Waals surface area contributed by atoms with Crippen LogP contribution in [0.15, 0.2) is 66.7 Å². The summed E-state index contributed by atoms with van der Waals surface area (Å²) in [5, 5.41) is 8.72. The monoisotopic (exact) mass is 268 g/mol. The summed E-state index contributed by atoms with van der Waals surface area (Å²) in [5.74, 6) is -0.682. The maximum Gasteiger partial charge on any atom is 0.339 e. The number of para-hydroxylation sites is 1. The van der Waals surface area contributed by atoms with Crippen LogP contribution in [0.25, 0.3) is 0 Å². The van der Waals surface area contributed by atoms with Crippen molar-refractivity contribution in [2.24, 2.45) is 0 Å². The Hall–Kier alpha value is -2.88. The van der Waals surface area contributed by atoms with E-state index in [0.29, 0.717) is 11.5 Å². The maximum atomic E-state index is 11.7. The minimum atomic E-state index is -1.32. The fourth-order valence-electron chi connectivity index (χ4n) is 1.57. The van der Waals surface area contributed by atoms with Crippen molar-refractivity contribution in [2.75, 3.05) is 0 Å². The van der Waals surface area contributed by atoms with E-state index in [9.17, 15) is 9.59 Å². The Balaban J connectivity index is 2.13. The number of carbonyl (C=O) groups is 2. The van der Waals surface area contributed by atoms with E-state index in [2.05, 4.69) is 6.58 Å². The fraction of sp³-hybridized carbons (Fsp3) is 0. The van der Waals surface area contributed by atoms with Gasteiger partial charge in [-0.05, 0) is 36.4 Å². The van der Waals surface area contributed by atoms with Crippen molar-refractivity contribution in [1.82, 2.24) is 0 Å². The van der Waals surface area contributed by atoms with Crippen molar-refractivity contribution in [3.8, 4) is 11.5 Å². The van der Waals surface area contributed by atoms with Crippen molar-refractivity contribution in [3.63, 3.8) is 0 Å². The average molecular weight is 268 g/mol. The highest BCUT2D eigenvalue weighted by Crippen LogP contribution is 2.21. The third kappa shape index (κ3) is 3.11. The zero-order valence-electron chi connectivity index (χ0n) is 10.6. The van der Waals surface area contributed by atoms with Gasteiger partial charge in [-0.25, -0.2) is 4.79 Å². The lowest BCUT2D eigenvalue weighted by Gasteiger charge is -2.06. The molecule has 0 atom stereocenters. The highest BCUT2D eigenvalue weighted by molar-refractivity contribution is 6.23. The molecule has 0 spiro atoms. The van der Waals surface area contributed by atoms with Crippen LogP contribution in [0.5, 0.6) is 11.5 Å². The Morgan fingerprint density at radius 2 is 1.45 bits per heavy atom. The molecule has 0 aliphatic rings. The largest absolute Gasteiger partial charge is 0.478 e. The van der Waals surface area contributed by atoms with E-state index in [1.54, 1.807) is 12.1 Å². The molecule has 4 heteroatoms. The first-order chi connectivity index (χ1) is 9.58. The molecule has 1 N–H and O–H groups in total. The minimum absolute atomic E-state index is 0.262. The van der Waals surface area contributed by atoms with Gasteiger partial charge in [0.1, 0.15) is 17.1 Å². The number of aliphatic carboxylic acids is 1. The molecule has 0 radical (unpaired) electrons. The molecule has 0 amide bonds.